The molecular weight excluding hydrogens is 592 g/mol. The van der Waals surface area contributed by atoms with Crippen molar-refractivity contribution in [3.63, 3.8) is 0 Å². The van der Waals surface area contributed by atoms with Gasteiger partial charge < -0.3 is 15.7 Å². The molecule has 0 aromatic heterocycles. The number of imide groups is 1. The first-order chi connectivity index (χ1) is 19.8. The van der Waals surface area contributed by atoms with Crippen LogP contribution < -0.4 is 15.4 Å². The second-order valence-electron chi connectivity index (χ2n) is 11.1. The van der Waals surface area contributed by atoms with Crippen LogP contribution in [0, 0.1) is 11.8 Å². The van der Waals surface area contributed by atoms with E-state index < -0.39 is 79.5 Å². The molecule has 16 heteroatoms. The van der Waals surface area contributed by atoms with Crippen molar-refractivity contribution in [1.82, 2.24) is 20.3 Å². The van der Waals surface area contributed by atoms with Crippen molar-refractivity contribution < 1.29 is 45.7 Å². The Morgan fingerprint density at radius 3 is 2.14 bits per heavy atom. The van der Waals surface area contributed by atoms with E-state index in [9.17, 15) is 45.7 Å². The standard InChI is InChI=1S/C26H36N4O10S2/c31-22-17(10-11-27-22)15-21(26(35)42(38,39)40)28-23(32)20(14-16-6-2-1-3-7-16)29-41(36,37)13-12-30-24(33)18-8-4-5-9-19(18)25(30)34/h4-5,8-9,16-17,20-21,26,29,35H,1-3,6-7,10-15H2,(H,27,31)(H,28,32)(H,38,39,40)/t17-,20-,21-,26?/m0/s1. The summed E-state index contributed by atoms with van der Waals surface area (Å²) in [4.78, 5) is 51.7. The normalized spacial score (nSPS) is 22.0. The molecule has 3 aliphatic rings. The minimum atomic E-state index is -5.04. The Bertz CT molecular complexity index is 1390. The lowest BCUT2D eigenvalue weighted by molar-refractivity contribution is -0.126. The topological polar surface area (TPSA) is 216 Å². The second-order valence-corrected chi connectivity index (χ2v) is 14.5. The molecule has 42 heavy (non-hydrogen) atoms. The molecule has 0 radical (unpaired) electrons. The molecule has 1 saturated carbocycles. The molecule has 1 aromatic carbocycles. The molecular formula is C26H36N4O10S2. The van der Waals surface area contributed by atoms with Gasteiger partial charge in [-0.3, -0.25) is 28.6 Å². The molecule has 5 N–H and O–H groups in total. The number of aliphatic hydroxyl groups is 1. The maximum Gasteiger partial charge on any atom is 0.294 e. The smallest absolute Gasteiger partial charge is 0.294 e. The van der Waals surface area contributed by atoms with Crippen molar-refractivity contribution in [2.75, 3.05) is 18.8 Å². The van der Waals surface area contributed by atoms with Crippen LogP contribution in [0.1, 0.15) is 72.1 Å². The number of sulfonamides is 1. The molecule has 1 aliphatic carbocycles. The quantitative estimate of drug-likeness (QED) is 0.143. The van der Waals surface area contributed by atoms with Gasteiger partial charge in [-0.15, -0.1) is 0 Å². The summed E-state index contributed by atoms with van der Waals surface area (Å²) in [6, 6.07) is 3.14. The summed E-state index contributed by atoms with van der Waals surface area (Å²) in [6.45, 7) is -0.135. The van der Waals surface area contributed by atoms with Crippen LogP contribution in [0.3, 0.4) is 0 Å². The number of carbonyl (C=O) groups excluding carboxylic acids is 4. The van der Waals surface area contributed by atoms with Crippen molar-refractivity contribution in [1.29, 1.82) is 0 Å². The zero-order valence-electron chi connectivity index (χ0n) is 22.9. The lowest BCUT2D eigenvalue weighted by Gasteiger charge is -2.29. The number of carbonyl (C=O) groups is 4. The number of hydrogen-bond acceptors (Lipinski definition) is 9. The number of rotatable bonds is 13. The van der Waals surface area contributed by atoms with E-state index in [1.807, 2.05) is 0 Å². The molecule has 1 unspecified atom stereocenters. The molecule has 1 aromatic rings. The predicted molar refractivity (Wildman–Crippen MR) is 149 cm³/mol. The van der Waals surface area contributed by atoms with Gasteiger partial charge in [0.25, 0.3) is 21.9 Å². The highest BCUT2D eigenvalue weighted by Crippen LogP contribution is 2.28. The largest absolute Gasteiger partial charge is 0.374 e. The fourth-order valence-corrected chi connectivity index (χ4v) is 7.58. The van der Waals surface area contributed by atoms with Crippen molar-refractivity contribution in [3.8, 4) is 0 Å². The lowest BCUT2D eigenvalue weighted by atomic mass is 9.85. The molecule has 4 rings (SSSR count). The van der Waals surface area contributed by atoms with Gasteiger partial charge in [0.2, 0.25) is 27.3 Å². The van der Waals surface area contributed by atoms with E-state index in [-0.39, 0.29) is 29.9 Å². The molecule has 232 valence electrons. The maximum absolute atomic E-state index is 13.5. The van der Waals surface area contributed by atoms with Crippen molar-refractivity contribution in [2.45, 2.75) is 68.9 Å². The zero-order valence-corrected chi connectivity index (χ0v) is 24.5. The Morgan fingerprint density at radius 2 is 1.60 bits per heavy atom. The first-order valence-electron chi connectivity index (χ1n) is 13.9. The third-order valence-corrected chi connectivity index (χ3v) is 10.4. The Hall–Kier alpha value is -2.92. The Balaban J connectivity index is 1.49. The fourth-order valence-electron chi connectivity index (χ4n) is 5.81. The van der Waals surface area contributed by atoms with Gasteiger partial charge >= 0.3 is 0 Å². The molecule has 0 spiro atoms. The number of nitrogens with zero attached hydrogens (tertiary/aromatic N) is 1. The molecule has 4 amide bonds. The molecule has 2 heterocycles. The average molecular weight is 629 g/mol. The highest BCUT2D eigenvalue weighted by molar-refractivity contribution is 7.89. The number of benzene rings is 1. The van der Waals surface area contributed by atoms with E-state index in [4.69, 9.17) is 0 Å². The minimum absolute atomic E-state index is 0.0148. The summed E-state index contributed by atoms with van der Waals surface area (Å²) < 4.78 is 61.6. The van der Waals surface area contributed by atoms with Gasteiger partial charge in [-0.1, -0.05) is 44.2 Å². The number of hydrogen-bond donors (Lipinski definition) is 5. The Morgan fingerprint density at radius 1 is 0.976 bits per heavy atom. The van der Waals surface area contributed by atoms with Gasteiger partial charge in [0.1, 0.15) is 6.04 Å². The Labute approximate surface area is 244 Å². The summed E-state index contributed by atoms with van der Waals surface area (Å²) in [5.74, 6) is -4.02. The third-order valence-electron chi connectivity index (χ3n) is 8.07. The highest BCUT2D eigenvalue weighted by atomic mass is 32.2. The molecule has 2 aliphatic heterocycles. The second kappa shape index (κ2) is 13.2. The van der Waals surface area contributed by atoms with E-state index >= 15 is 0 Å². The first-order valence-corrected chi connectivity index (χ1v) is 17.1. The summed E-state index contributed by atoms with van der Waals surface area (Å²) in [5.41, 5.74) is -2.11. The maximum atomic E-state index is 13.5. The summed E-state index contributed by atoms with van der Waals surface area (Å²) in [5, 5.41) is 15.2. The van der Waals surface area contributed by atoms with Gasteiger partial charge in [-0.2, -0.15) is 8.42 Å². The molecule has 4 atom stereocenters. The Kier molecular flexibility index (Phi) is 10.0. The summed E-state index contributed by atoms with van der Waals surface area (Å²) in [6.07, 6.45) is 4.39. The van der Waals surface area contributed by atoms with Gasteiger partial charge in [-0.05, 0) is 37.3 Å². The molecule has 14 nitrogen and oxygen atoms in total. The van der Waals surface area contributed by atoms with Crippen molar-refractivity contribution >= 4 is 43.8 Å². The van der Waals surface area contributed by atoms with Crippen LogP contribution in [-0.4, -0.2) is 91.4 Å². The number of fused-ring (bicyclic) bond motifs is 1. The van der Waals surface area contributed by atoms with Crippen LogP contribution in [0.2, 0.25) is 0 Å². The van der Waals surface area contributed by atoms with Gasteiger partial charge in [0.05, 0.1) is 22.9 Å². The monoisotopic (exact) mass is 628 g/mol. The fraction of sp³-hybridized carbons (Fsp3) is 0.615. The van der Waals surface area contributed by atoms with Crippen LogP contribution in [-0.2, 0) is 29.7 Å². The molecule has 1 saturated heterocycles. The van der Waals surface area contributed by atoms with Crippen molar-refractivity contribution in [3.05, 3.63) is 35.4 Å². The van der Waals surface area contributed by atoms with E-state index in [1.165, 1.54) is 12.1 Å². The average Bonchev–Trinajstić information content (AvgIpc) is 3.45. The number of nitrogens with one attached hydrogen (secondary N) is 3. The van der Waals surface area contributed by atoms with E-state index in [0.717, 1.165) is 37.0 Å². The van der Waals surface area contributed by atoms with Gasteiger partial charge in [-0.25, -0.2) is 13.1 Å². The van der Waals surface area contributed by atoms with Crippen LogP contribution in [0.5, 0.6) is 0 Å². The SMILES string of the molecule is O=C1NCC[C@H]1C[C@H](NC(=O)[C@H](CC1CCCCC1)NS(=O)(=O)CCN1C(=O)c2ccccc2C1=O)C(O)S(=O)(=O)O. The first kappa shape index (κ1) is 32.0. The predicted octanol–water partition coefficient (Wildman–Crippen LogP) is -0.242. The number of amides is 4. The summed E-state index contributed by atoms with van der Waals surface area (Å²) >= 11 is 0. The van der Waals surface area contributed by atoms with Crippen molar-refractivity contribution in [2.24, 2.45) is 11.8 Å². The van der Waals surface area contributed by atoms with Gasteiger partial charge in [0.15, 0.2) is 0 Å². The molecule has 0 bridgehead atoms. The van der Waals surface area contributed by atoms with Crippen LogP contribution in [0.25, 0.3) is 0 Å². The third kappa shape index (κ3) is 7.72. The molecule has 2 fully saturated rings. The minimum Gasteiger partial charge on any atom is -0.374 e. The number of aliphatic hydroxyl groups excluding tert-OH is 1. The summed E-state index contributed by atoms with van der Waals surface area (Å²) in [7, 11) is -9.31. The van der Waals surface area contributed by atoms with E-state index in [2.05, 4.69) is 15.4 Å². The van der Waals surface area contributed by atoms with E-state index in [0.29, 0.717) is 13.0 Å². The van der Waals surface area contributed by atoms with Crippen LogP contribution >= 0.6 is 0 Å². The van der Waals surface area contributed by atoms with Gasteiger partial charge in [0, 0.05) is 19.0 Å². The van der Waals surface area contributed by atoms with E-state index in [1.54, 1.807) is 12.1 Å². The highest BCUT2D eigenvalue weighted by Gasteiger charge is 2.39. The lowest BCUT2D eigenvalue weighted by Crippen LogP contribution is -2.55. The van der Waals surface area contributed by atoms with Crippen LogP contribution in [0.15, 0.2) is 24.3 Å². The van der Waals surface area contributed by atoms with Crippen LogP contribution in [0.4, 0.5) is 0 Å². The zero-order chi connectivity index (χ0) is 30.7.